The third-order valence-electron chi connectivity index (χ3n) is 2.73. The highest BCUT2D eigenvalue weighted by molar-refractivity contribution is 6.09. The molecule has 0 radical (unpaired) electrons. The van der Waals surface area contributed by atoms with E-state index in [1.54, 1.807) is 12.1 Å². The van der Waals surface area contributed by atoms with E-state index in [0.29, 0.717) is 17.9 Å². The lowest BCUT2D eigenvalue weighted by Gasteiger charge is -2.10. The van der Waals surface area contributed by atoms with Gasteiger partial charge in [-0.25, -0.2) is 13.2 Å². The lowest BCUT2D eigenvalue weighted by atomic mass is 10.0. The van der Waals surface area contributed by atoms with Crippen LogP contribution in [0.3, 0.4) is 0 Å². The minimum atomic E-state index is -1.59. The predicted molar refractivity (Wildman–Crippen MR) is 72.0 cm³/mol. The molecule has 2 nitrogen and oxygen atoms in total. The number of carbonyl (C=O) groups is 1. The highest BCUT2D eigenvalue weighted by Crippen LogP contribution is 2.19. The summed E-state index contributed by atoms with van der Waals surface area (Å²) in [5.74, 6) is -4.38. The van der Waals surface area contributed by atoms with Gasteiger partial charge in [0.05, 0.1) is 6.10 Å². The number of rotatable bonds is 4. The van der Waals surface area contributed by atoms with E-state index in [0.717, 1.165) is 0 Å². The van der Waals surface area contributed by atoms with Gasteiger partial charge in [0.1, 0.15) is 5.75 Å². The highest BCUT2D eigenvalue weighted by Gasteiger charge is 2.16. The van der Waals surface area contributed by atoms with Gasteiger partial charge < -0.3 is 4.74 Å². The maximum atomic E-state index is 13.1. The van der Waals surface area contributed by atoms with Crippen LogP contribution in [0.1, 0.15) is 29.8 Å². The second-order valence-corrected chi connectivity index (χ2v) is 4.77. The molecule has 0 aliphatic rings. The summed E-state index contributed by atoms with van der Waals surface area (Å²) in [7, 11) is 0. The first-order valence-electron chi connectivity index (χ1n) is 6.34. The number of benzene rings is 2. The van der Waals surface area contributed by atoms with E-state index in [9.17, 15) is 18.0 Å². The van der Waals surface area contributed by atoms with Crippen molar-refractivity contribution in [2.24, 2.45) is 0 Å². The van der Waals surface area contributed by atoms with Gasteiger partial charge in [0, 0.05) is 11.1 Å². The monoisotopic (exact) mass is 294 g/mol. The van der Waals surface area contributed by atoms with Crippen LogP contribution in [-0.2, 0) is 0 Å². The number of carbonyl (C=O) groups excluding carboxylic acids is 1. The van der Waals surface area contributed by atoms with E-state index in [4.69, 9.17) is 4.74 Å². The van der Waals surface area contributed by atoms with Crippen LogP contribution in [0.4, 0.5) is 13.2 Å². The third-order valence-corrected chi connectivity index (χ3v) is 2.73. The summed E-state index contributed by atoms with van der Waals surface area (Å²) in [6.45, 7) is 3.73. The summed E-state index contributed by atoms with van der Waals surface area (Å²) in [4.78, 5) is 12.1. The molecule has 0 atom stereocenters. The first kappa shape index (κ1) is 15.1. The SMILES string of the molecule is CC(C)Oc1ccc(C(=O)c2cc(F)c(F)c(F)c2)cc1. The molecule has 110 valence electrons. The maximum absolute atomic E-state index is 13.1. The van der Waals surface area contributed by atoms with Crippen LogP contribution in [0.2, 0.25) is 0 Å². The van der Waals surface area contributed by atoms with Crippen molar-refractivity contribution in [2.75, 3.05) is 0 Å². The van der Waals surface area contributed by atoms with Gasteiger partial charge in [0.15, 0.2) is 23.2 Å². The smallest absolute Gasteiger partial charge is 0.194 e. The first-order valence-corrected chi connectivity index (χ1v) is 6.34. The standard InChI is InChI=1S/C16H13F3O2/c1-9(2)21-12-5-3-10(4-6-12)16(20)11-7-13(17)15(19)14(18)8-11/h3-9H,1-2H3. The van der Waals surface area contributed by atoms with Crippen LogP contribution < -0.4 is 4.74 Å². The van der Waals surface area contributed by atoms with Crippen molar-refractivity contribution in [1.82, 2.24) is 0 Å². The molecule has 2 rings (SSSR count). The third kappa shape index (κ3) is 3.42. The Balaban J connectivity index is 2.28. The molecule has 0 saturated heterocycles. The van der Waals surface area contributed by atoms with Gasteiger partial charge in [-0.15, -0.1) is 0 Å². The van der Waals surface area contributed by atoms with Crippen LogP contribution >= 0.6 is 0 Å². The Kier molecular flexibility index (Phi) is 4.31. The summed E-state index contributed by atoms with van der Waals surface area (Å²) < 4.78 is 44.6. The zero-order valence-electron chi connectivity index (χ0n) is 11.5. The summed E-state index contributed by atoms with van der Waals surface area (Å²) in [6.07, 6.45) is -0.00755. The highest BCUT2D eigenvalue weighted by atomic mass is 19.2. The van der Waals surface area contributed by atoms with Crippen molar-refractivity contribution < 1.29 is 22.7 Å². The van der Waals surface area contributed by atoms with Gasteiger partial charge in [-0.1, -0.05) is 0 Å². The van der Waals surface area contributed by atoms with E-state index >= 15 is 0 Å². The Bertz CT molecular complexity index is 641. The maximum Gasteiger partial charge on any atom is 0.194 e. The molecule has 5 heteroatoms. The number of hydrogen-bond donors (Lipinski definition) is 0. The molecule has 0 bridgehead atoms. The van der Waals surface area contributed by atoms with Crippen LogP contribution in [0, 0.1) is 17.5 Å². The zero-order chi connectivity index (χ0) is 15.6. The molecule has 0 aliphatic heterocycles. The predicted octanol–water partition coefficient (Wildman–Crippen LogP) is 4.12. The quantitative estimate of drug-likeness (QED) is 0.626. The molecule has 0 heterocycles. The molecule has 0 aliphatic carbocycles. The van der Waals surface area contributed by atoms with Crippen LogP contribution in [0.25, 0.3) is 0 Å². The van der Waals surface area contributed by atoms with Crippen molar-refractivity contribution in [3.63, 3.8) is 0 Å². The van der Waals surface area contributed by atoms with Crippen molar-refractivity contribution in [1.29, 1.82) is 0 Å². The van der Waals surface area contributed by atoms with Crippen LogP contribution in [0.15, 0.2) is 36.4 Å². The molecule has 0 fully saturated rings. The largest absolute Gasteiger partial charge is 0.491 e. The molecule has 0 amide bonds. The fourth-order valence-electron chi connectivity index (χ4n) is 1.81. The number of hydrogen-bond acceptors (Lipinski definition) is 2. The summed E-state index contributed by atoms with van der Waals surface area (Å²) >= 11 is 0. The number of halogens is 3. The average Bonchev–Trinajstić information content (AvgIpc) is 2.43. The van der Waals surface area contributed by atoms with E-state index < -0.39 is 23.2 Å². The van der Waals surface area contributed by atoms with Crippen molar-refractivity contribution in [3.8, 4) is 5.75 Å². The molecule has 0 aromatic heterocycles. The lowest BCUT2D eigenvalue weighted by molar-refractivity contribution is 0.103. The van der Waals surface area contributed by atoms with Gasteiger partial charge in [-0.3, -0.25) is 4.79 Å². The van der Waals surface area contributed by atoms with Gasteiger partial charge in [0.2, 0.25) is 0 Å². The summed E-state index contributed by atoms with van der Waals surface area (Å²) in [6, 6.07) is 7.50. The molecule has 0 saturated carbocycles. The van der Waals surface area contributed by atoms with Crippen molar-refractivity contribution in [3.05, 3.63) is 65.0 Å². The number of ketones is 1. The fourth-order valence-corrected chi connectivity index (χ4v) is 1.81. The Morgan fingerprint density at radius 2 is 1.48 bits per heavy atom. The Morgan fingerprint density at radius 1 is 0.952 bits per heavy atom. The van der Waals surface area contributed by atoms with E-state index in [2.05, 4.69) is 0 Å². The Hall–Kier alpha value is -2.30. The van der Waals surface area contributed by atoms with Crippen LogP contribution in [0.5, 0.6) is 5.75 Å². The molecule has 2 aromatic rings. The van der Waals surface area contributed by atoms with Crippen LogP contribution in [-0.4, -0.2) is 11.9 Å². The molecule has 0 N–H and O–H groups in total. The second-order valence-electron chi connectivity index (χ2n) is 4.77. The Labute approximate surface area is 120 Å². The van der Waals surface area contributed by atoms with Gasteiger partial charge >= 0.3 is 0 Å². The normalized spacial score (nSPS) is 10.8. The number of ether oxygens (including phenoxy) is 1. The molecule has 2 aromatic carbocycles. The second kappa shape index (κ2) is 5.99. The van der Waals surface area contributed by atoms with Crippen molar-refractivity contribution in [2.45, 2.75) is 20.0 Å². The first-order chi connectivity index (χ1) is 9.88. The van der Waals surface area contributed by atoms with E-state index in [1.807, 2.05) is 13.8 Å². The molecule has 21 heavy (non-hydrogen) atoms. The average molecular weight is 294 g/mol. The Morgan fingerprint density at radius 3 is 1.95 bits per heavy atom. The van der Waals surface area contributed by atoms with Crippen molar-refractivity contribution >= 4 is 5.78 Å². The minimum Gasteiger partial charge on any atom is -0.491 e. The van der Waals surface area contributed by atoms with E-state index in [1.165, 1.54) is 12.1 Å². The summed E-state index contributed by atoms with van der Waals surface area (Å²) in [5.41, 5.74) is -0.0135. The minimum absolute atomic E-state index is 0.00755. The summed E-state index contributed by atoms with van der Waals surface area (Å²) in [5, 5.41) is 0. The van der Waals surface area contributed by atoms with Gasteiger partial charge in [-0.05, 0) is 50.2 Å². The van der Waals surface area contributed by atoms with Gasteiger partial charge in [-0.2, -0.15) is 0 Å². The molecular formula is C16H13F3O2. The molecule has 0 unspecified atom stereocenters. The topological polar surface area (TPSA) is 26.3 Å². The van der Waals surface area contributed by atoms with E-state index in [-0.39, 0.29) is 17.2 Å². The molecular weight excluding hydrogens is 281 g/mol. The van der Waals surface area contributed by atoms with Gasteiger partial charge in [0.25, 0.3) is 0 Å². The molecule has 0 spiro atoms. The fraction of sp³-hybridized carbons (Fsp3) is 0.188. The lowest BCUT2D eigenvalue weighted by Crippen LogP contribution is -2.07. The zero-order valence-corrected chi connectivity index (χ0v) is 11.5.